The standard InChI is InChI=1S/C16H27NO/c1-5-14(17)12-13-6-8-15(9-7-13)18-11-10-16(2,3)4/h6-9,14H,5,10-12,17H2,1-4H3. The molecule has 0 saturated heterocycles. The first-order valence-electron chi connectivity index (χ1n) is 6.88. The molecule has 0 spiro atoms. The second kappa shape index (κ2) is 6.79. The van der Waals surface area contributed by atoms with Gasteiger partial charge in [-0.05, 0) is 42.4 Å². The maximum Gasteiger partial charge on any atom is 0.119 e. The zero-order valence-corrected chi connectivity index (χ0v) is 12.2. The van der Waals surface area contributed by atoms with E-state index in [9.17, 15) is 0 Å². The summed E-state index contributed by atoms with van der Waals surface area (Å²) in [5.74, 6) is 0.952. The maximum atomic E-state index is 5.94. The van der Waals surface area contributed by atoms with Crippen LogP contribution in [0.4, 0.5) is 0 Å². The lowest BCUT2D eigenvalue weighted by atomic mass is 9.93. The summed E-state index contributed by atoms with van der Waals surface area (Å²) in [7, 11) is 0. The molecular formula is C16H27NO. The summed E-state index contributed by atoms with van der Waals surface area (Å²) in [5.41, 5.74) is 7.55. The first-order chi connectivity index (χ1) is 8.40. The Balaban J connectivity index is 2.41. The zero-order chi connectivity index (χ0) is 13.6. The van der Waals surface area contributed by atoms with Crippen molar-refractivity contribution in [3.63, 3.8) is 0 Å². The van der Waals surface area contributed by atoms with Gasteiger partial charge in [0, 0.05) is 6.04 Å². The van der Waals surface area contributed by atoms with Crippen LogP contribution in [0.1, 0.15) is 46.1 Å². The summed E-state index contributed by atoms with van der Waals surface area (Å²) >= 11 is 0. The van der Waals surface area contributed by atoms with Gasteiger partial charge in [-0.15, -0.1) is 0 Å². The molecule has 0 amide bonds. The molecule has 1 aromatic rings. The molecule has 0 heterocycles. The summed E-state index contributed by atoms with van der Waals surface area (Å²) in [4.78, 5) is 0. The zero-order valence-electron chi connectivity index (χ0n) is 12.2. The molecule has 1 atom stereocenters. The predicted octanol–water partition coefficient (Wildman–Crippen LogP) is 3.78. The Labute approximate surface area is 112 Å². The largest absolute Gasteiger partial charge is 0.494 e. The van der Waals surface area contributed by atoms with E-state index >= 15 is 0 Å². The molecule has 0 bridgehead atoms. The van der Waals surface area contributed by atoms with Gasteiger partial charge in [0.15, 0.2) is 0 Å². The van der Waals surface area contributed by atoms with Crippen molar-refractivity contribution in [1.82, 2.24) is 0 Å². The van der Waals surface area contributed by atoms with Crippen LogP contribution in [0.25, 0.3) is 0 Å². The topological polar surface area (TPSA) is 35.2 Å². The minimum Gasteiger partial charge on any atom is -0.494 e. The molecule has 2 nitrogen and oxygen atoms in total. The van der Waals surface area contributed by atoms with Gasteiger partial charge in [-0.25, -0.2) is 0 Å². The molecular weight excluding hydrogens is 222 g/mol. The monoisotopic (exact) mass is 249 g/mol. The molecule has 102 valence electrons. The van der Waals surface area contributed by atoms with Gasteiger partial charge in [0.1, 0.15) is 5.75 Å². The molecule has 0 fully saturated rings. The van der Waals surface area contributed by atoms with Crippen molar-refractivity contribution >= 4 is 0 Å². The Morgan fingerprint density at radius 1 is 1.17 bits per heavy atom. The van der Waals surface area contributed by atoms with Crippen LogP contribution in [0.3, 0.4) is 0 Å². The number of hydrogen-bond donors (Lipinski definition) is 1. The van der Waals surface area contributed by atoms with Gasteiger partial charge in [0.25, 0.3) is 0 Å². The highest BCUT2D eigenvalue weighted by atomic mass is 16.5. The average molecular weight is 249 g/mol. The van der Waals surface area contributed by atoms with Crippen molar-refractivity contribution in [3.8, 4) is 5.75 Å². The summed E-state index contributed by atoms with van der Waals surface area (Å²) in [6, 6.07) is 8.57. The molecule has 18 heavy (non-hydrogen) atoms. The molecule has 1 unspecified atom stereocenters. The van der Waals surface area contributed by atoms with Gasteiger partial charge in [0.2, 0.25) is 0 Å². The molecule has 1 aromatic carbocycles. The van der Waals surface area contributed by atoms with Crippen LogP contribution >= 0.6 is 0 Å². The first kappa shape index (κ1) is 15.0. The highest BCUT2D eigenvalue weighted by molar-refractivity contribution is 5.27. The van der Waals surface area contributed by atoms with Crippen molar-refractivity contribution in [2.45, 2.75) is 53.0 Å². The van der Waals surface area contributed by atoms with E-state index in [1.54, 1.807) is 0 Å². The van der Waals surface area contributed by atoms with Gasteiger partial charge < -0.3 is 10.5 Å². The Kier molecular flexibility index (Phi) is 5.67. The van der Waals surface area contributed by atoms with Gasteiger partial charge in [0.05, 0.1) is 6.61 Å². The molecule has 1 rings (SSSR count). The van der Waals surface area contributed by atoms with Crippen LogP contribution in [0.15, 0.2) is 24.3 Å². The molecule has 2 heteroatoms. The normalized spacial score (nSPS) is 13.4. The minimum atomic E-state index is 0.262. The number of hydrogen-bond acceptors (Lipinski definition) is 2. The second-order valence-electron chi connectivity index (χ2n) is 6.18. The van der Waals surface area contributed by atoms with E-state index in [1.807, 2.05) is 12.1 Å². The molecule has 0 radical (unpaired) electrons. The number of ether oxygens (including phenoxy) is 1. The van der Waals surface area contributed by atoms with E-state index in [4.69, 9.17) is 10.5 Å². The molecule has 2 N–H and O–H groups in total. The quantitative estimate of drug-likeness (QED) is 0.832. The molecule has 0 aliphatic carbocycles. The fourth-order valence-corrected chi connectivity index (χ4v) is 1.64. The number of rotatable bonds is 6. The fraction of sp³-hybridized carbons (Fsp3) is 0.625. The lowest BCUT2D eigenvalue weighted by Crippen LogP contribution is -2.21. The minimum absolute atomic E-state index is 0.262. The summed E-state index contributed by atoms with van der Waals surface area (Å²) in [5, 5.41) is 0. The predicted molar refractivity (Wildman–Crippen MR) is 78.0 cm³/mol. The average Bonchev–Trinajstić information content (AvgIpc) is 2.29. The lowest BCUT2D eigenvalue weighted by molar-refractivity contribution is 0.243. The fourth-order valence-electron chi connectivity index (χ4n) is 1.64. The second-order valence-corrected chi connectivity index (χ2v) is 6.18. The van der Waals surface area contributed by atoms with Crippen LogP contribution in [-0.2, 0) is 6.42 Å². The Morgan fingerprint density at radius 2 is 1.78 bits per heavy atom. The summed E-state index contributed by atoms with van der Waals surface area (Å²) in [6.45, 7) is 9.58. The Bertz CT molecular complexity index is 337. The Morgan fingerprint density at radius 3 is 2.28 bits per heavy atom. The van der Waals surface area contributed by atoms with Crippen molar-refractivity contribution in [3.05, 3.63) is 29.8 Å². The van der Waals surface area contributed by atoms with Gasteiger partial charge in [-0.3, -0.25) is 0 Å². The van der Waals surface area contributed by atoms with E-state index in [1.165, 1.54) is 5.56 Å². The molecule has 0 aliphatic heterocycles. The van der Waals surface area contributed by atoms with Crippen LogP contribution in [0, 0.1) is 5.41 Å². The number of benzene rings is 1. The third-order valence-corrected chi connectivity index (χ3v) is 3.07. The summed E-state index contributed by atoms with van der Waals surface area (Å²) in [6.07, 6.45) is 3.03. The van der Waals surface area contributed by atoms with E-state index in [2.05, 4.69) is 39.8 Å². The van der Waals surface area contributed by atoms with Crippen molar-refractivity contribution < 1.29 is 4.74 Å². The third-order valence-electron chi connectivity index (χ3n) is 3.07. The smallest absolute Gasteiger partial charge is 0.119 e. The Hall–Kier alpha value is -1.02. The van der Waals surface area contributed by atoms with Crippen molar-refractivity contribution in [1.29, 1.82) is 0 Å². The third kappa shape index (κ3) is 6.06. The number of nitrogens with two attached hydrogens (primary N) is 1. The van der Waals surface area contributed by atoms with Gasteiger partial charge in [-0.1, -0.05) is 39.8 Å². The van der Waals surface area contributed by atoms with Crippen LogP contribution < -0.4 is 10.5 Å². The van der Waals surface area contributed by atoms with Crippen LogP contribution in [0.2, 0.25) is 0 Å². The molecule has 0 saturated carbocycles. The van der Waals surface area contributed by atoms with Gasteiger partial charge >= 0.3 is 0 Å². The highest BCUT2D eigenvalue weighted by Gasteiger charge is 2.09. The highest BCUT2D eigenvalue weighted by Crippen LogP contribution is 2.20. The van der Waals surface area contributed by atoms with E-state index < -0.39 is 0 Å². The van der Waals surface area contributed by atoms with Crippen LogP contribution in [-0.4, -0.2) is 12.6 Å². The van der Waals surface area contributed by atoms with Crippen molar-refractivity contribution in [2.24, 2.45) is 11.1 Å². The summed E-state index contributed by atoms with van der Waals surface area (Å²) < 4.78 is 5.74. The van der Waals surface area contributed by atoms with Crippen molar-refractivity contribution in [2.75, 3.05) is 6.61 Å². The maximum absolute atomic E-state index is 5.94. The lowest BCUT2D eigenvalue weighted by Gasteiger charge is -2.18. The van der Waals surface area contributed by atoms with E-state index in [0.29, 0.717) is 5.41 Å². The molecule has 0 aromatic heterocycles. The van der Waals surface area contributed by atoms with Crippen LogP contribution in [0.5, 0.6) is 5.75 Å². The first-order valence-corrected chi connectivity index (χ1v) is 6.88. The van der Waals surface area contributed by atoms with Gasteiger partial charge in [-0.2, -0.15) is 0 Å². The van der Waals surface area contributed by atoms with E-state index in [-0.39, 0.29) is 6.04 Å². The van der Waals surface area contributed by atoms with E-state index in [0.717, 1.165) is 31.6 Å². The molecule has 0 aliphatic rings. The SMILES string of the molecule is CCC(N)Cc1ccc(OCCC(C)(C)C)cc1.